The fourth-order valence-corrected chi connectivity index (χ4v) is 9.63. The van der Waals surface area contributed by atoms with Crippen LogP contribution in [0.15, 0.2) is 23.8 Å². The number of aliphatic hydroxyl groups excluding tert-OH is 1. The van der Waals surface area contributed by atoms with Gasteiger partial charge in [-0.15, -0.1) is 0 Å². The van der Waals surface area contributed by atoms with Crippen molar-refractivity contribution in [1.29, 1.82) is 0 Å². The van der Waals surface area contributed by atoms with Crippen LogP contribution in [0.25, 0.3) is 0 Å². The van der Waals surface area contributed by atoms with Gasteiger partial charge in [0.1, 0.15) is 11.9 Å². The number of rotatable bonds is 4. The second-order valence-corrected chi connectivity index (χ2v) is 16.0. The van der Waals surface area contributed by atoms with Crippen molar-refractivity contribution in [3.05, 3.63) is 23.8 Å². The third-order valence-electron chi connectivity index (χ3n) is 12.8. The van der Waals surface area contributed by atoms with Crippen LogP contribution in [0.2, 0.25) is 0 Å². The Bertz CT molecular complexity index is 1060. The number of aliphatic hydroxyl groups is 2. The summed E-state index contributed by atoms with van der Waals surface area (Å²) in [6.45, 7) is 25.5. The smallest absolute Gasteiger partial charge is 0.163 e. The summed E-state index contributed by atoms with van der Waals surface area (Å²) in [5.41, 5.74) is -1.77. The minimum absolute atomic E-state index is 0.104. The Labute approximate surface area is 225 Å². The molecule has 3 saturated carbocycles. The SMILES string of the molecule is C=C(CCC(C)(C)C)C(C)(O)C1(C)CCC2C3CC=C4C(C)(C)C(O)C(=O)CC4(C)C3(C)C(=O)CC21C. The molecule has 0 saturated heterocycles. The zero-order chi connectivity index (χ0) is 28.2. The van der Waals surface area contributed by atoms with Crippen molar-refractivity contribution in [2.24, 2.45) is 44.3 Å². The molecule has 0 aromatic rings. The molecule has 37 heavy (non-hydrogen) atoms. The lowest BCUT2D eigenvalue weighted by Crippen LogP contribution is -2.67. The number of ketones is 2. The van der Waals surface area contributed by atoms with E-state index in [1.54, 1.807) is 0 Å². The van der Waals surface area contributed by atoms with Gasteiger partial charge in [0.2, 0.25) is 0 Å². The van der Waals surface area contributed by atoms with Gasteiger partial charge in [0.15, 0.2) is 5.78 Å². The van der Waals surface area contributed by atoms with Crippen molar-refractivity contribution in [2.75, 3.05) is 0 Å². The summed E-state index contributed by atoms with van der Waals surface area (Å²) < 4.78 is 0. The molecule has 0 aromatic heterocycles. The number of allylic oxidation sites excluding steroid dienone is 1. The first-order chi connectivity index (χ1) is 16.6. The molecule has 4 nitrogen and oxygen atoms in total. The molecular weight excluding hydrogens is 460 g/mol. The second-order valence-electron chi connectivity index (χ2n) is 16.0. The zero-order valence-corrected chi connectivity index (χ0v) is 25.2. The Hall–Kier alpha value is -1.26. The van der Waals surface area contributed by atoms with Crippen LogP contribution >= 0.6 is 0 Å². The Morgan fingerprint density at radius 2 is 1.62 bits per heavy atom. The van der Waals surface area contributed by atoms with E-state index in [2.05, 4.69) is 61.1 Å². The van der Waals surface area contributed by atoms with Gasteiger partial charge in [-0.3, -0.25) is 9.59 Å². The first-order valence-electron chi connectivity index (χ1n) is 14.5. The van der Waals surface area contributed by atoms with E-state index in [0.29, 0.717) is 6.42 Å². The lowest BCUT2D eigenvalue weighted by Gasteiger charge is -2.66. The highest BCUT2D eigenvalue weighted by atomic mass is 16.3. The van der Waals surface area contributed by atoms with Crippen molar-refractivity contribution in [1.82, 2.24) is 0 Å². The number of fused-ring (bicyclic) bond motifs is 5. The molecule has 0 radical (unpaired) electrons. The normalized spacial score (nSPS) is 44.9. The van der Waals surface area contributed by atoms with E-state index >= 15 is 0 Å². The highest BCUT2D eigenvalue weighted by Gasteiger charge is 2.73. The van der Waals surface area contributed by atoms with E-state index in [1.165, 1.54) is 0 Å². The van der Waals surface area contributed by atoms with Crippen LogP contribution in [-0.2, 0) is 9.59 Å². The molecule has 4 rings (SSSR count). The quantitative estimate of drug-likeness (QED) is 0.405. The third kappa shape index (κ3) is 3.53. The summed E-state index contributed by atoms with van der Waals surface area (Å²) in [7, 11) is 0. The highest BCUT2D eigenvalue weighted by Crippen LogP contribution is 2.75. The van der Waals surface area contributed by atoms with Gasteiger partial charge in [-0.1, -0.05) is 80.5 Å². The second kappa shape index (κ2) is 8.13. The summed E-state index contributed by atoms with van der Waals surface area (Å²) >= 11 is 0. The molecule has 0 amide bonds. The van der Waals surface area contributed by atoms with E-state index < -0.39 is 33.4 Å². The lowest BCUT2D eigenvalue weighted by atomic mass is 9.36. The number of hydrogen-bond acceptors (Lipinski definition) is 4. The molecule has 8 atom stereocenters. The summed E-state index contributed by atoms with van der Waals surface area (Å²) in [5, 5.41) is 23.0. The molecule has 0 aliphatic heterocycles. The number of carbonyl (C=O) groups excluding carboxylic acids is 2. The minimum Gasteiger partial charge on any atom is -0.385 e. The highest BCUT2D eigenvalue weighted by molar-refractivity contribution is 5.93. The number of carbonyl (C=O) groups is 2. The van der Waals surface area contributed by atoms with Gasteiger partial charge in [0.25, 0.3) is 0 Å². The standard InChI is InChI=1S/C33H52O4/c1-20(14-16-27(2,3)4)33(11,37)31(9)17-15-21-22-12-13-24-28(5,6)26(36)23(34)18-30(24,8)32(22,10)25(35)19-29(21,31)7/h13,21-22,26,36-37H,1,12,14-19H2,2-11H3. The molecule has 3 fully saturated rings. The summed E-state index contributed by atoms with van der Waals surface area (Å²) in [5.74, 6) is 0.434. The molecule has 0 bridgehead atoms. The molecule has 0 heterocycles. The maximum Gasteiger partial charge on any atom is 0.163 e. The van der Waals surface area contributed by atoms with Crippen molar-refractivity contribution < 1.29 is 19.8 Å². The molecule has 4 aliphatic carbocycles. The topological polar surface area (TPSA) is 74.6 Å². The van der Waals surface area contributed by atoms with Gasteiger partial charge in [-0.05, 0) is 67.3 Å². The predicted molar refractivity (Wildman–Crippen MR) is 149 cm³/mol. The largest absolute Gasteiger partial charge is 0.385 e. The fraction of sp³-hybridized carbons (Fsp3) is 0.818. The van der Waals surface area contributed by atoms with E-state index in [1.807, 2.05) is 20.8 Å². The van der Waals surface area contributed by atoms with Crippen LogP contribution in [-0.4, -0.2) is 33.5 Å². The molecule has 0 aromatic carbocycles. The number of Topliss-reactive ketones (excluding diaryl/α,β-unsaturated/α-hetero) is 2. The molecule has 8 unspecified atom stereocenters. The maximum absolute atomic E-state index is 14.5. The van der Waals surface area contributed by atoms with Crippen LogP contribution in [0.1, 0.15) is 114 Å². The predicted octanol–water partition coefficient (Wildman–Crippen LogP) is 6.83. The van der Waals surface area contributed by atoms with Crippen LogP contribution in [0.3, 0.4) is 0 Å². The molecule has 4 aliphatic rings. The Morgan fingerprint density at radius 1 is 1.03 bits per heavy atom. The van der Waals surface area contributed by atoms with Gasteiger partial charge in [-0.25, -0.2) is 0 Å². The van der Waals surface area contributed by atoms with Gasteiger partial charge in [0.05, 0.1) is 5.60 Å². The minimum atomic E-state index is -1.08. The third-order valence-corrected chi connectivity index (χ3v) is 12.8. The van der Waals surface area contributed by atoms with Crippen LogP contribution < -0.4 is 0 Å². The van der Waals surface area contributed by atoms with Crippen molar-refractivity contribution >= 4 is 11.6 Å². The number of hydrogen-bond donors (Lipinski definition) is 2. The van der Waals surface area contributed by atoms with Gasteiger partial charge >= 0.3 is 0 Å². The first kappa shape index (κ1) is 28.7. The van der Waals surface area contributed by atoms with E-state index in [4.69, 9.17) is 0 Å². The molecular formula is C33H52O4. The average Bonchev–Trinajstić information content (AvgIpc) is 3.03. The zero-order valence-electron chi connectivity index (χ0n) is 25.2. The Balaban J connectivity index is 1.76. The van der Waals surface area contributed by atoms with E-state index in [-0.39, 0.29) is 40.7 Å². The van der Waals surface area contributed by atoms with Crippen LogP contribution in [0, 0.1) is 44.3 Å². The van der Waals surface area contributed by atoms with Crippen molar-refractivity contribution in [3.8, 4) is 0 Å². The van der Waals surface area contributed by atoms with Crippen LogP contribution in [0.4, 0.5) is 0 Å². The van der Waals surface area contributed by atoms with Gasteiger partial charge in [-0.2, -0.15) is 0 Å². The molecule has 2 N–H and O–H groups in total. The van der Waals surface area contributed by atoms with Crippen molar-refractivity contribution in [2.45, 2.75) is 126 Å². The van der Waals surface area contributed by atoms with E-state index in [0.717, 1.165) is 43.3 Å². The van der Waals surface area contributed by atoms with Gasteiger partial charge < -0.3 is 10.2 Å². The maximum atomic E-state index is 14.5. The average molecular weight is 513 g/mol. The molecule has 0 spiro atoms. The molecule has 4 heteroatoms. The van der Waals surface area contributed by atoms with Crippen molar-refractivity contribution in [3.63, 3.8) is 0 Å². The summed E-state index contributed by atoms with van der Waals surface area (Å²) in [4.78, 5) is 27.6. The Kier molecular flexibility index (Phi) is 6.32. The monoisotopic (exact) mass is 512 g/mol. The summed E-state index contributed by atoms with van der Waals surface area (Å²) in [6.07, 6.45) is 6.17. The lowest BCUT2D eigenvalue weighted by molar-refractivity contribution is -0.183. The molecule has 208 valence electrons. The first-order valence-corrected chi connectivity index (χ1v) is 14.5. The summed E-state index contributed by atoms with van der Waals surface area (Å²) in [6, 6.07) is 0. The Morgan fingerprint density at radius 3 is 2.19 bits per heavy atom. The fourth-order valence-electron chi connectivity index (χ4n) is 9.63. The van der Waals surface area contributed by atoms with E-state index in [9.17, 15) is 19.8 Å². The van der Waals surface area contributed by atoms with Crippen LogP contribution in [0.5, 0.6) is 0 Å². The van der Waals surface area contributed by atoms with Gasteiger partial charge in [0, 0.05) is 34.5 Å².